The Morgan fingerprint density at radius 2 is 1.86 bits per heavy atom. The van der Waals surface area contributed by atoms with E-state index in [-0.39, 0.29) is 0 Å². The van der Waals surface area contributed by atoms with Crippen molar-refractivity contribution in [3.63, 3.8) is 0 Å². The number of nitrogens with one attached hydrogen (secondary N) is 1. The maximum Gasteiger partial charge on any atom is 0.419 e. The van der Waals surface area contributed by atoms with Crippen LogP contribution < -0.4 is 11.1 Å². The van der Waals surface area contributed by atoms with E-state index in [0.29, 0.717) is 16.0 Å². The molecular formula is C20H14F2N2O3S. The molecule has 1 amide bonds. The van der Waals surface area contributed by atoms with Gasteiger partial charge in [-0.05, 0) is 54.4 Å². The first-order valence-electron chi connectivity index (χ1n) is 8.31. The Bertz CT molecular complexity index is 1270. The second-order valence-corrected chi connectivity index (χ2v) is 7.36. The van der Waals surface area contributed by atoms with Crippen LogP contribution in [0.5, 0.6) is 0 Å². The van der Waals surface area contributed by atoms with Crippen LogP contribution >= 0.6 is 11.3 Å². The molecule has 4 aromatic rings. The SMILES string of the molecule is Cc1cc2c(cc1-c1ccc(C(=O)Nc3c(F)cccc3F)s1)oc(=O)n2C. The summed E-state index contributed by atoms with van der Waals surface area (Å²) in [6.07, 6.45) is 0. The third kappa shape index (κ3) is 3.01. The number of aromatic nitrogens is 1. The number of rotatable bonds is 3. The Balaban J connectivity index is 1.68. The minimum absolute atomic E-state index is 0.298. The molecule has 0 bridgehead atoms. The van der Waals surface area contributed by atoms with Crippen LogP contribution in [-0.4, -0.2) is 10.5 Å². The van der Waals surface area contributed by atoms with Gasteiger partial charge in [0, 0.05) is 11.9 Å². The lowest BCUT2D eigenvalue weighted by Gasteiger charge is -2.06. The normalized spacial score (nSPS) is 11.1. The molecule has 8 heteroatoms. The highest BCUT2D eigenvalue weighted by Crippen LogP contribution is 2.33. The standard InChI is InChI=1S/C20H14F2N2O3S/c1-10-8-14-15(27-20(26)24(14)2)9-11(10)16-6-7-17(28-16)19(25)23-18-12(21)4-3-5-13(18)22/h3-9H,1-2H3,(H,23,25). The lowest BCUT2D eigenvalue weighted by Crippen LogP contribution is -2.12. The molecule has 0 aliphatic heterocycles. The van der Waals surface area contributed by atoms with Crippen LogP contribution in [0.2, 0.25) is 0 Å². The summed E-state index contributed by atoms with van der Waals surface area (Å²) in [6, 6.07) is 10.3. The van der Waals surface area contributed by atoms with Crippen molar-refractivity contribution in [2.45, 2.75) is 6.92 Å². The van der Waals surface area contributed by atoms with Crippen molar-refractivity contribution in [3.8, 4) is 10.4 Å². The molecule has 2 heterocycles. The van der Waals surface area contributed by atoms with Crippen molar-refractivity contribution < 1.29 is 18.0 Å². The third-order valence-corrected chi connectivity index (χ3v) is 5.55. The summed E-state index contributed by atoms with van der Waals surface area (Å²) < 4.78 is 34.1. The van der Waals surface area contributed by atoms with Gasteiger partial charge in [-0.1, -0.05) is 6.07 Å². The van der Waals surface area contributed by atoms with E-state index in [4.69, 9.17) is 4.42 Å². The van der Waals surface area contributed by atoms with Crippen LogP contribution in [0.3, 0.4) is 0 Å². The molecule has 0 aliphatic carbocycles. The van der Waals surface area contributed by atoms with Gasteiger partial charge in [0.15, 0.2) is 5.58 Å². The average molecular weight is 400 g/mol. The molecule has 0 atom stereocenters. The van der Waals surface area contributed by atoms with Gasteiger partial charge in [-0.15, -0.1) is 11.3 Å². The molecule has 28 heavy (non-hydrogen) atoms. The summed E-state index contributed by atoms with van der Waals surface area (Å²) in [6.45, 7) is 1.89. The van der Waals surface area contributed by atoms with Gasteiger partial charge < -0.3 is 9.73 Å². The van der Waals surface area contributed by atoms with Gasteiger partial charge in [-0.2, -0.15) is 0 Å². The van der Waals surface area contributed by atoms with Gasteiger partial charge in [0.2, 0.25) is 0 Å². The van der Waals surface area contributed by atoms with Crippen molar-refractivity contribution in [2.24, 2.45) is 7.05 Å². The number of hydrogen-bond acceptors (Lipinski definition) is 4. The molecule has 0 saturated carbocycles. The zero-order valence-electron chi connectivity index (χ0n) is 14.9. The van der Waals surface area contributed by atoms with Crippen molar-refractivity contribution in [1.29, 1.82) is 0 Å². The topological polar surface area (TPSA) is 64.2 Å². The fraction of sp³-hybridized carbons (Fsp3) is 0.100. The monoisotopic (exact) mass is 400 g/mol. The van der Waals surface area contributed by atoms with Crippen molar-refractivity contribution >= 4 is 34.0 Å². The summed E-state index contributed by atoms with van der Waals surface area (Å²) >= 11 is 1.18. The number of benzene rings is 2. The molecular weight excluding hydrogens is 386 g/mol. The first kappa shape index (κ1) is 18.1. The highest BCUT2D eigenvalue weighted by atomic mass is 32.1. The molecule has 0 saturated heterocycles. The van der Waals surface area contributed by atoms with E-state index in [1.165, 1.54) is 22.0 Å². The van der Waals surface area contributed by atoms with Crippen LogP contribution in [0, 0.1) is 18.6 Å². The molecule has 5 nitrogen and oxygen atoms in total. The quantitative estimate of drug-likeness (QED) is 0.542. The number of carbonyl (C=O) groups is 1. The van der Waals surface area contributed by atoms with Gasteiger partial charge in [0.1, 0.15) is 17.3 Å². The van der Waals surface area contributed by atoms with Gasteiger partial charge in [0.05, 0.1) is 10.4 Å². The molecule has 1 N–H and O–H groups in total. The minimum atomic E-state index is -0.842. The van der Waals surface area contributed by atoms with E-state index in [1.54, 1.807) is 25.2 Å². The Morgan fingerprint density at radius 3 is 2.57 bits per heavy atom. The predicted octanol–water partition coefficient (Wildman–Crippen LogP) is 4.70. The van der Waals surface area contributed by atoms with Crippen LogP contribution in [0.1, 0.15) is 15.2 Å². The minimum Gasteiger partial charge on any atom is -0.408 e. The number of amides is 1. The Kier molecular flexibility index (Phi) is 4.35. The maximum absolute atomic E-state index is 13.7. The number of para-hydroxylation sites is 1. The van der Waals surface area contributed by atoms with Crippen LogP contribution in [0.25, 0.3) is 21.5 Å². The smallest absolute Gasteiger partial charge is 0.408 e. The van der Waals surface area contributed by atoms with Gasteiger partial charge in [-0.25, -0.2) is 13.6 Å². The second-order valence-electron chi connectivity index (χ2n) is 6.28. The van der Waals surface area contributed by atoms with E-state index in [9.17, 15) is 18.4 Å². The highest BCUT2D eigenvalue weighted by molar-refractivity contribution is 7.17. The number of fused-ring (bicyclic) bond motifs is 1. The highest BCUT2D eigenvalue weighted by Gasteiger charge is 2.17. The summed E-state index contributed by atoms with van der Waals surface area (Å²) in [5.41, 5.74) is 2.35. The number of carbonyl (C=O) groups excluding carboxylic acids is 1. The molecule has 0 fully saturated rings. The van der Waals surface area contributed by atoms with E-state index < -0.39 is 29.0 Å². The molecule has 142 valence electrons. The molecule has 0 spiro atoms. The van der Waals surface area contributed by atoms with Crippen molar-refractivity contribution in [2.75, 3.05) is 5.32 Å². The van der Waals surface area contributed by atoms with Crippen LogP contribution in [0.15, 0.2) is 51.7 Å². The number of oxazole rings is 1. The first-order chi connectivity index (χ1) is 13.3. The number of thiophene rings is 1. The number of anilines is 1. The third-order valence-electron chi connectivity index (χ3n) is 4.43. The number of nitrogens with zero attached hydrogens (tertiary/aromatic N) is 1. The number of aryl methyl sites for hydroxylation is 2. The summed E-state index contributed by atoms with van der Waals surface area (Å²) in [5.74, 6) is -2.74. The maximum atomic E-state index is 13.7. The zero-order valence-corrected chi connectivity index (χ0v) is 15.7. The van der Waals surface area contributed by atoms with E-state index in [0.717, 1.165) is 28.1 Å². The molecule has 2 aromatic carbocycles. The fourth-order valence-corrected chi connectivity index (χ4v) is 3.92. The van der Waals surface area contributed by atoms with E-state index in [1.807, 2.05) is 13.0 Å². The Morgan fingerprint density at radius 1 is 1.14 bits per heavy atom. The summed E-state index contributed by atoms with van der Waals surface area (Å²) in [4.78, 5) is 25.2. The molecule has 2 aromatic heterocycles. The average Bonchev–Trinajstić information content (AvgIpc) is 3.24. The van der Waals surface area contributed by atoms with Gasteiger partial charge in [0.25, 0.3) is 5.91 Å². The first-order valence-corrected chi connectivity index (χ1v) is 9.12. The number of hydrogen-bond donors (Lipinski definition) is 1. The van der Waals surface area contributed by atoms with E-state index in [2.05, 4.69) is 5.32 Å². The van der Waals surface area contributed by atoms with E-state index >= 15 is 0 Å². The molecule has 0 aliphatic rings. The molecule has 4 rings (SSSR count). The summed E-state index contributed by atoms with van der Waals surface area (Å²) in [5, 5.41) is 2.27. The van der Waals surface area contributed by atoms with Gasteiger partial charge in [-0.3, -0.25) is 9.36 Å². The Hall–Kier alpha value is -3.26. The largest absolute Gasteiger partial charge is 0.419 e. The van der Waals surface area contributed by atoms with Crippen LogP contribution in [0.4, 0.5) is 14.5 Å². The Labute approximate surface area is 161 Å². The lowest BCUT2D eigenvalue weighted by atomic mass is 10.1. The molecule has 0 unspecified atom stereocenters. The van der Waals surface area contributed by atoms with Crippen molar-refractivity contribution in [1.82, 2.24) is 4.57 Å². The zero-order chi connectivity index (χ0) is 20.0. The van der Waals surface area contributed by atoms with Crippen LogP contribution in [-0.2, 0) is 7.05 Å². The fourth-order valence-electron chi connectivity index (χ4n) is 2.94. The second kappa shape index (κ2) is 6.72. The predicted molar refractivity (Wildman–Crippen MR) is 104 cm³/mol. The van der Waals surface area contributed by atoms with Crippen molar-refractivity contribution in [3.05, 3.63) is 75.1 Å². The lowest BCUT2D eigenvalue weighted by molar-refractivity contribution is 0.102. The molecule has 0 radical (unpaired) electrons. The van der Waals surface area contributed by atoms with Gasteiger partial charge >= 0.3 is 5.76 Å². The number of halogens is 2. The summed E-state index contributed by atoms with van der Waals surface area (Å²) in [7, 11) is 1.63.